The van der Waals surface area contributed by atoms with Crippen molar-refractivity contribution >= 4 is 28.3 Å². The molecule has 2 aromatic rings. The lowest BCUT2D eigenvalue weighted by molar-refractivity contribution is -0.121. The fourth-order valence-electron chi connectivity index (χ4n) is 1.61. The first-order valence-electron chi connectivity index (χ1n) is 6.90. The van der Waals surface area contributed by atoms with Gasteiger partial charge in [-0.05, 0) is 19.4 Å². The van der Waals surface area contributed by atoms with E-state index in [2.05, 4.69) is 25.6 Å². The highest BCUT2D eigenvalue weighted by Crippen LogP contribution is 2.16. The molecule has 8 heteroatoms. The van der Waals surface area contributed by atoms with E-state index in [1.165, 1.54) is 23.7 Å². The summed E-state index contributed by atoms with van der Waals surface area (Å²) in [5.41, 5.74) is 0.620. The van der Waals surface area contributed by atoms with Gasteiger partial charge in [0.05, 0.1) is 12.1 Å². The van der Waals surface area contributed by atoms with Crippen LogP contribution in [0.15, 0.2) is 23.8 Å². The van der Waals surface area contributed by atoms with Gasteiger partial charge in [0.25, 0.3) is 5.91 Å². The fourth-order valence-corrected chi connectivity index (χ4v) is 2.31. The van der Waals surface area contributed by atoms with Gasteiger partial charge in [0, 0.05) is 23.8 Å². The van der Waals surface area contributed by atoms with Crippen LogP contribution in [0.25, 0.3) is 0 Å². The van der Waals surface area contributed by atoms with E-state index in [4.69, 9.17) is 0 Å². The van der Waals surface area contributed by atoms with Gasteiger partial charge < -0.3 is 5.32 Å². The minimum atomic E-state index is -0.425. The number of nitrogens with one attached hydrogen (secondary N) is 2. The fraction of sp³-hybridized carbons (Fsp3) is 0.357. The number of carbonyl (C=O) groups is 2. The molecule has 0 radical (unpaired) electrons. The van der Waals surface area contributed by atoms with Crippen LogP contribution in [0.5, 0.6) is 0 Å². The Bertz CT molecular complexity index is 644. The van der Waals surface area contributed by atoms with E-state index in [1.807, 2.05) is 13.8 Å². The molecule has 2 N–H and O–H groups in total. The Kier molecular flexibility index (Phi) is 5.54. The molecule has 0 fully saturated rings. The number of anilines is 1. The van der Waals surface area contributed by atoms with Crippen molar-refractivity contribution in [3.8, 4) is 0 Å². The van der Waals surface area contributed by atoms with E-state index in [0.29, 0.717) is 10.8 Å². The Hall–Kier alpha value is -2.35. The van der Waals surface area contributed by atoms with E-state index in [9.17, 15) is 9.59 Å². The van der Waals surface area contributed by atoms with Gasteiger partial charge in [-0.3, -0.25) is 14.9 Å². The topological polar surface area (TPSA) is 96.9 Å². The molecule has 7 nitrogen and oxygen atoms in total. The molecule has 22 heavy (non-hydrogen) atoms. The standard InChI is InChI=1S/C14H17N5O2S/c1-3-9(2)17-11(20)7-10-8-22-14(18-10)19-13(21)12-15-5-4-6-16-12/h4-6,8-9H,3,7H2,1-2H3,(H,17,20)(H,18,19,21). The number of hydrogen-bond donors (Lipinski definition) is 2. The molecule has 0 aliphatic heterocycles. The zero-order valence-electron chi connectivity index (χ0n) is 12.4. The molecule has 0 aliphatic rings. The van der Waals surface area contributed by atoms with Crippen molar-refractivity contribution in [2.24, 2.45) is 0 Å². The first kappa shape index (κ1) is 16.0. The van der Waals surface area contributed by atoms with E-state index >= 15 is 0 Å². The van der Waals surface area contributed by atoms with Gasteiger partial charge in [-0.15, -0.1) is 11.3 Å². The third kappa shape index (κ3) is 4.59. The van der Waals surface area contributed by atoms with Crippen molar-refractivity contribution in [1.29, 1.82) is 0 Å². The highest BCUT2D eigenvalue weighted by atomic mass is 32.1. The van der Waals surface area contributed by atoms with Gasteiger partial charge in [-0.2, -0.15) is 0 Å². The smallest absolute Gasteiger partial charge is 0.295 e. The zero-order chi connectivity index (χ0) is 15.9. The summed E-state index contributed by atoms with van der Waals surface area (Å²) < 4.78 is 0. The molecule has 0 saturated carbocycles. The average Bonchev–Trinajstić information content (AvgIpc) is 2.94. The van der Waals surface area contributed by atoms with Crippen LogP contribution in [0.4, 0.5) is 5.13 Å². The second kappa shape index (κ2) is 7.60. The maximum atomic E-state index is 11.9. The number of aromatic nitrogens is 3. The summed E-state index contributed by atoms with van der Waals surface area (Å²) in [6.45, 7) is 3.96. The number of carbonyl (C=O) groups excluding carboxylic acids is 2. The molecule has 1 unspecified atom stereocenters. The zero-order valence-corrected chi connectivity index (χ0v) is 13.2. The maximum absolute atomic E-state index is 11.9. The summed E-state index contributed by atoms with van der Waals surface area (Å²) in [6, 6.07) is 1.77. The van der Waals surface area contributed by atoms with Crippen LogP contribution in [0.2, 0.25) is 0 Å². The molecule has 116 valence electrons. The van der Waals surface area contributed by atoms with Crippen LogP contribution in [-0.2, 0) is 11.2 Å². The summed E-state index contributed by atoms with van der Waals surface area (Å²) in [4.78, 5) is 35.6. The lowest BCUT2D eigenvalue weighted by atomic mass is 10.2. The second-order valence-electron chi connectivity index (χ2n) is 4.72. The highest BCUT2D eigenvalue weighted by Gasteiger charge is 2.13. The lowest BCUT2D eigenvalue weighted by Crippen LogP contribution is -2.33. The summed E-state index contributed by atoms with van der Waals surface area (Å²) >= 11 is 1.26. The lowest BCUT2D eigenvalue weighted by Gasteiger charge is -2.10. The quantitative estimate of drug-likeness (QED) is 0.843. The summed E-state index contributed by atoms with van der Waals surface area (Å²) in [5, 5.41) is 7.66. The largest absolute Gasteiger partial charge is 0.353 e. The van der Waals surface area contributed by atoms with E-state index in [-0.39, 0.29) is 24.2 Å². The van der Waals surface area contributed by atoms with Crippen LogP contribution >= 0.6 is 11.3 Å². The van der Waals surface area contributed by atoms with Crippen molar-refractivity contribution in [2.75, 3.05) is 5.32 Å². The van der Waals surface area contributed by atoms with Gasteiger partial charge in [0.2, 0.25) is 11.7 Å². The minimum absolute atomic E-state index is 0.0776. The second-order valence-corrected chi connectivity index (χ2v) is 5.58. The van der Waals surface area contributed by atoms with Crippen LogP contribution in [-0.4, -0.2) is 32.8 Å². The van der Waals surface area contributed by atoms with Gasteiger partial charge in [-0.25, -0.2) is 15.0 Å². The summed E-state index contributed by atoms with van der Waals surface area (Å²) in [7, 11) is 0. The molecule has 1 atom stereocenters. The monoisotopic (exact) mass is 319 g/mol. The van der Waals surface area contributed by atoms with Crippen LogP contribution in [0.1, 0.15) is 36.6 Å². The van der Waals surface area contributed by atoms with Crippen LogP contribution < -0.4 is 10.6 Å². The number of rotatable bonds is 6. The molecule has 0 bridgehead atoms. The summed E-state index contributed by atoms with van der Waals surface area (Å²) in [5.74, 6) is -0.428. The molecule has 0 saturated heterocycles. The number of amides is 2. The van der Waals surface area contributed by atoms with E-state index in [0.717, 1.165) is 6.42 Å². The van der Waals surface area contributed by atoms with E-state index in [1.54, 1.807) is 11.4 Å². The Morgan fingerprint density at radius 3 is 2.73 bits per heavy atom. The van der Waals surface area contributed by atoms with Crippen molar-refractivity contribution < 1.29 is 9.59 Å². The Balaban J connectivity index is 1.91. The predicted octanol–water partition coefficient (Wildman–Crippen LogP) is 1.64. The van der Waals surface area contributed by atoms with Gasteiger partial charge in [-0.1, -0.05) is 6.92 Å². The van der Waals surface area contributed by atoms with Crippen LogP contribution in [0, 0.1) is 0 Å². The molecule has 0 aliphatic carbocycles. The minimum Gasteiger partial charge on any atom is -0.353 e. The number of thiazole rings is 1. The molecule has 0 aromatic carbocycles. The number of nitrogens with zero attached hydrogens (tertiary/aromatic N) is 3. The van der Waals surface area contributed by atoms with Gasteiger partial charge in [0.15, 0.2) is 5.13 Å². The Morgan fingerprint density at radius 2 is 2.05 bits per heavy atom. The van der Waals surface area contributed by atoms with E-state index < -0.39 is 5.91 Å². The first-order chi connectivity index (χ1) is 10.6. The van der Waals surface area contributed by atoms with Crippen LogP contribution in [0.3, 0.4) is 0 Å². The molecule has 2 heterocycles. The first-order valence-corrected chi connectivity index (χ1v) is 7.78. The highest BCUT2D eigenvalue weighted by molar-refractivity contribution is 7.14. The molecular formula is C14H17N5O2S. The Labute approximate surface area is 132 Å². The van der Waals surface area contributed by atoms with Crippen molar-refractivity contribution in [3.63, 3.8) is 0 Å². The normalized spacial score (nSPS) is 11.7. The third-order valence-electron chi connectivity index (χ3n) is 2.90. The predicted molar refractivity (Wildman–Crippen MR) is 83.7 cm³/mol. The molecule has 2 aromatic heterocycles. The molecule has 2 rings (SSSR count). The average molecular weight is 319 g/mol. The number of hydrogen-bond acceptors (Lipinski definition) is 6. The molecular weight excluding hydrogens is 302 g/mol. The maximum Gasteiger partial charge on any atom is 0.295 e. The van der Waals surface area contributed by atoms with Gasteiger partial charge >= 0.3 is 0 Å². The van der Waals surface area contributed by atoms with Gasteiger partial charge in [0.1, 0.15) is 0 Å². The SMILES string of the molecule is CCC(C)NC(=O)Cc1csc(NC(=O)c2ncccn2)n1. The molecule has 0 spiro atoms. The van der Waals surface area contributed by atoms with Crippen molar-refractivity contribution in [1.82, 2.24) is 20.3 Å². The third-order valence-corrected chi connectivity index (χ3v) is 3.71. The van der Waals surface area contributed by atoms with Crippen molar-refractivity contribution in [2.45, 2.75) is 32.7 Å². The Morgan fingerprint density at radius 1 is 1.32 bits per heavy atom. The van der Waals surface area contributed by atoms with Crippen molar-refractivity contribution in [3.05, 3.63) is 35.4 Å². The molecule has 2 amide bonds. The summed E-state index contributed by atoms with van der Waals surface area (Å²) in [6.07, 6.45) is 4.06.